The largest absolute Gasteiger partial charge is 0.309 e. The molecule has 1 heterocycles. The second-order valence-corrected chi connectivity index (χ2v) is 10.4. The predicted molar refractivity (Wildman–Crippen MR) is 145 cm³/mol. The van der Waals surface area contributed by atoms with Crippen molar-refractivity contribution < 1.29 is 0 Å². The SMILES string of the molecule is CC.CC.CN(C)CCC1(C=C2SCCCS2)c2ccccc2CCc2ccccc21. The molecule has 0 radical (unpaired) electrons. The lowest BCUT2D eigenvalue weighted by molar-refractivity contribution is 0.368. The first kappa shape index (κ1) is 26.1. The summed E-state index contributed by atoms with van der Waals surface area (Å²) in [6, 6.07) is 18.4. The molecular weight excluding hydrogens is 414 g/mol. The maximum absolute atomic E-state index is 2.63. The number of fused-ring (bicyclic) bond motifs is 2. The Kier molecular flexibility index (Phi) is 11.3. The van der Waals surface area contributed by atoms with Crippen LogP contribution >= 0.6 is 23.5 Å². The Labute approximate surface area is 200 Å². The molecule has 1 fully saturated rings. The summed E-state index contributed by atoms with van der Waals surface area (Å²) in [5.41, 5.74) is 6.07. The highest BCUT2D eigenvalue weighted by Gasteiger charge is 2.37. The summed E-state index contributed by atoms with van der Waals surface area (Å²) >= 11 is 4.11. The van der Waals surface area contributed by atoms with Crippen molar-refractivity contribution in [1.82, 2.24) is 4.90 Å². The predicted octanol–water partition coefficient (Wildman–Crippen LogP) is 7.79. The van der Waals surface area contributed by atoms with E-state index in [1.807, 2.05) is 27.7 Å². The summed E-state index contributed by atoms with van der Waals surface area (Å²) in [5, 5.41) is 0. The van der Waals surface area contributed by atoms with Gasteiger partial charge < -0.3 is 4.90 Å². The molecule has 0 bridgehead atoms. The van der Waals surface area contributed by atoms with E-state index in [2.05, 4.69) is 97.1 Å². The van der Waals surface area contributed by atoms with Gasteiger partial charge in [-0.2, -0.15) is 0 Å². The van der Waals surface area contributed by atoms with Crippen LogP contribution in [-0.4, -0.2) is 37.0 Å². The highest BCUT2D eigenvalue weighted by Crippen LogP contribution is 2.47. The minimum Gasteiger partial charge on any atom is -0.309 e. The van der Waals surface area contributed by atoms with Gasteiger partial charge in [0.2, 0.25) is 0 Å². The third-order valence-corrected chi connectivity index (χ3v) is 8.25. The van der Waals surface area contributed by atoms with E-state index in [1.54, 1.807) is 0 Å². The lowest BCUT2D eigenvalue weighted by atomic mass is 9.70. The fourth-order valence-corrected chi connectivity index (χ4v) is 6.95. The average molecular weight is 456 g/mol. The number of benzene rings is 2. The Morgan fingerprint density at radius 2 is 1.29 bits per heavy atom. The fourth-order valence-electron chi connectivity index (χ4n) is 4.39. The minimum atomic E-state index is -0.0272. The van der Waals surface area contributed by atoms with E-state index in [0.717, 1.165) is 25.8 Å². The van der Waals surface area contributed by atoms with Gasteiger partial charge >= 0.3 is 0 Å². The summed E-state index contributed by atoms with van der Waals surface area (Å²) in [6.45, 7) is 9.09. The third kappa shape index (κ3) is 6.43. The molecule has 0 unspecified atom stereocenters. The molecule has 2 aliphatic rings. The van der Waals surface area contributed by atoms with Crippen LogP contribution in [0.15, 0.2) is 58.8 Å². The summed E-state index contributed by atoms with van der Waals surface area (Å²) in [6.07, 6.45) is 7.36. The number of hydrogen-bond acceptors (Lipinski definition) is 3. The zero-order chi connectivity index (χ0) is 22.7. The molecule has 1 saturated heterocycles. The Morgan fingerprint density at radius 1 is 0.806 bits per heavy atom. The van der Waals surface area contributed by atoms with Gasteiger partial charge in [0, 0.05) is 9.65 Å². The smallest absolute Gasteiger partial charge is 0.0418 e. The number of thioether (sulfide) groups is 2. The van der Waals surface area contributed by atoms with Crippen molar-refractivity contribution in [2.75, 3.05) is 32.1 Å². The fraction of sp³-hybridized carbons (Fsp3) is 0.500. The highest BCUT2D eigenvalue weighted by molar-refractivity contribution is 8.22. The summed E-state index contributed by atoms with van der Waals surface area (Å²) in [4.78, 5) is 2.33. The Morgan fingerprint density at radius 3 is 1.77 bits per heavy atom. The number of rotatable bonds is 4. The average Bonchev–Trinajstić information content (AvgIpc) is 2.97. The molecule has 1 aliphatic carbocycles. The van der Waals surface area contributed by atoms with Crippen LogP contribution in [0.5, 0.6) is 0 Å². The van der Waals surface area contributed by atoms with Crippen molar-refractivity contribution >= 4 is 23.5 Å². The molecule has 0 atom stereocenters. The molecule has 0 N–H and O–H groups in total. The Bertz CT molecular complexity index is 770. The standard InChI is InChI=1S/C24H29NS2.2C2H6/c1-25(2)15-14-24(18-23-26-16-7-17-27-23)21-10-5-3-8-19(21)12-13-20-9-4-6-11-22(20)24;2*1-2/h3-6,8-11,18H,7,12-17H2,1-2H3;2*1-2H3. The van der Waals surface area contributed by atoms with Crippen LogP contribution in [0.4, 0.5) is 0 Å². The molecular formula is C28H41NS2. The van der Waals surface area contributed by atoms with Gasteiger partial charge in [0.15, 0.2) is 0 Å². The van der Waals surface area contributed by atoms with Crippen molar-refractivity contribution in [2.45, 2.75) is 58.8 Å². The van der Waals surface area contributed by atoms with Gasteiger partial charge in [0.25, 0.3) is 0 Å². The summed E-state index contributed by atoms with van der Waals surface area (Å²) < 4.78 is 1.52. The number of nitrogens with zero attached hydrogens (tertiary/aromatic N) is 1. The van der Waals surface area contributed by atoms with Crippen LogP contribution in [0.2, 0.25) is 0 Å². The zero-order valence-corrected chi connectivity index (χ0v) is 22.0. The molecule has 1 nitrogen and oxygen atoms in total. The van der Waals surface area contributed by atoms with Gasteiger partial charge in [-0.3, -0.25) is 0 Å². The van der Waals surface area contributed by atoms with E-state index in [1.165, 1.54) is 44.4 Å². The molecule has 0 aromatic heterocycles. The maximum atomic E-state index is 2.63. The van der Waals surface area contributed by atoms with Gasteiger partial charge in [-0.15, -0.1) is 23.5 Å². The summed E-state index contributed by atoms with van der Waals surface area (Å²) in [7, 11) is 4.39. The Hall–Kier alpha value is -1.16. The minimum absolute atomic E-state index is 0.0272. The van der Waals surface area contributed by atoms with E-state index < -0.39 is 0 Å². The van der Waals surface area contributed by atoms with E-state index in [4.69, 9.17) is 0 Å². The zero-order valence-electron chi connectivity index (χ0n) is 20.4. The number of aryl methyl sites for hydroxylation is 2. The van der Waals surface area contributed by atoms with Crippen molar-refractivity contribution in [3.63, 3.8) is 0 Å². The van der Waals surface area contributed by atoms with Gasteiger partial charge in [-0.25, -0.2) is 0 Å². The second-order valence-electron chi connectivity index (χ2n) is 7.85. The van der Waals surface area contributed by atoms with Gasteiger partial charge in [0.1, 0.15) is 0 Å². The summed E-state index contributed by atoms with van der Waals surface area (Å²) in [5.74, 6) is 2.51. The number of allylic oxidation sites excluding steroid dienone is 1. The van der Waals surface area contributed by atoms with Crippen molar-refractivity contribution in [2.24, 2.45) is 0 Å². The van der Waals surface area contributed by atoms with Crippen LogP contribution in [0.25, 0.3) is 0 Å². The van der Waals surface area contributed by atoms with Crippen LogP contribution in [-0.2, 0) is 18.3 Å². The first-order valence-corrected chi connectivity index (χ1v) is 14.0. The molecule has 1 aliphatic heterocycles. The normalized spacial score (nSPS) is 16.5. The molecule has 170 valence electrons. The van der Waals surface area contributed by atoms with Crippen LogP contribution in [0.1, 0.15) is 62.8 Å². The van der Waals surface area contributed by atoms with Gasteiger partial charge in [-0.1, -0.05) is 76.2 Å². The van der Waals surface area contributed by atoms with Crippen molar-refractivity contribution in [3.05, 3.63) is 81.1 Å². The lowest BCUT2D eigenvalue weighted by Gasteiger charge is -2.36. The molecule has 0 amide bonds. The monoisotopic (exact) mass is 455 g/mol. The molecule has 0 spiro atoms. The molecule has 2 aromatic rings. The lowest BCUT2D eigenvalue weighted by Crippen LogP contribution is -2.32. The van der Waals surface area contributed by atoms with Gasteiger partial charge in [-0.05, 0) is 86.2 Å². The number of hydrogen-bond donors (Lipinski definition) is 0. The highest BCUT2D eigenvalue weighted by atomic mass is 32.2. The molecule has 31 heavy (non-hydrogen) atoms. The maximum Gasteiger partial charge on any atom is 0.0418 e. The van der Waals surface area contributed by atoms with E-state index in [-0.39, 0.29) is 5.41 Å². The van der Waals surface area contributed by atoms with Crippen molar-refractivity contribution in [1.29, 1.82) is 0 Å². The molecule has 4 rings (SSSR count). The topological polar surface area (TPSA) is 3.24 Å². The first-order valence-electron chi connectivity index (χ1n) is 12.0. The molecule has 2 aromatic carbocycles. The van der Waals surface area contributed by atoms with Crippen LogP contribution < -0.4 is 0 Å². The third-order valence-electron chi connectivity index (χ3n) is 5.75. The second kappa shape index (κ2) is 13.4. The molecule has 3 heteroatoms. The van der Waals surface area contributed by atoms with E-state index in [0.29, 0.717) is 0 Å². The van der Waals surface area contributed by atoms with E-state index in [9.17, 15) is 0 Å². The van der Waals surface area contributed by atoms with Crippen molar-refractivity contribution in [3.8, 4) is 0 Å². The van der Waals surface area contributed by atoms with Gasteiger partial charge in [0.05, 0.1) is 0 Å². The Balaban J connectivity index is 0.000000807. The molecule has 0 saturated carbocycles. The van der Waals surface area contributed by atoms with Crippen LogP contribution in [0, 0.1) is 0 Å². The first-order chi connectivity index (χ1) is 15.2. The quantitative estimate of drug-likeness (QED) is 0.463. The van der Waals surface area contributed by atoms with E-state index >= 15 is 0 Å². The van der Waals surface area contributed by atoms with Crippen LogP contribution in [0.3, 0.4) is 0 Å².